The Balaban J connectivity index is 1.33. The molecule has 1 N–H and O–H groups in total. The number of rotatable bonds is 7. The lowest BCUT2D eigenvalue weighted by Gasteiger charge is -2.13. The van der Waals surface area contributed by atoms with Crippen molar-refractivity contribution in [3.63, 3.8) is 0 Å². The van der Waals surface area contributed by atoms with E-state index >= 15 is 0 Å². The van der Waals surface area contributed by atoms with Gasteiger partial charge in [-0.25, -0.2) is 13.2 Å². The summed E-state index contributed by atoms with van der Waals surface area (Å²) in [5, 5.41) is 6.23. The second-order valence-corrected chi connectivity index (χ2v) is 7.04. The minimum absolute atomic E-state index is 0.00474. The van der Waals surface area contributed by atoms with E-state index in [1.165, 1.54) is 17.1 Å². The van der Waals surface area contributed by atoms with Gasteiger partial charge in [-0.2, -0.15) is 13.9 Å². The maximum atomic E-state index is 13.6. The number of amides is 3. The van der Waals surface area contributed by atoms with Crippen molar-refractivity contribution in [2.24, 2.45) is 0 Å². The molecule has 0 radical (unpaired) electrons. The van der Waals surface area contributed by atoms with E-state index in [1.807, 2.05) is 0 Å². The third-order valence-electron chi connectivity index (χ3n) is 4.87. The molecule has 0 aliphatic carbocycles. The molecule has 0 bridgehead atoms. The second-order valence-electron chi connectivity index (χ2n) is 7.04. The van der Waals surface area contributed by atoms with Gasteiger partial charge in [-0.1, -0.05) is 12.1 Å². The summed E-state index contributed by atoms with van der Waals surface area (Å²) in [7, 11) is 0. The molecule has 1 aliphatic rings. The van der Waals surface area contributed by atoms with E-state index in [1.54, 1.807) is 24.3 Å². The van der Waals surface area contributed by atoms with Gasteiger partial charge >= 0.3 is 0 Å². The van der Waals surface area contributed by atoms with E-state index in [4.69, 9.17) is 0 Å². The number of benzene rings is 2. The molecule has 0 fully saturated rings. The Morgan fingerprint density at radius 1 is 0.882 bits per heavy atom. The smallest absolute Gasteiger partial charge is 0.262 e. The fourth-order valence-corrected chi connectivity index (χ4v) is 3.24. The van der Waals surface area contributed by atoms with Crippen LogP contribution in [0.2, 0.25) is 0 Å². The molecule has 3 amide bonds. The van der Waals surface area contributed by atoms with Crippen LogP contribution < -0.4 is 10.1 Å². The van der Waals surface area contributed by atoms with Gasteiger partial charge in [-0.15, -0.1) is 0 Å². The van der Waals surface area contributed by atoms with E-state index in [2.05, 4.69) is 15.2 Å². The van der Waals surface area contributed by atoms with Gasteiger partial charge in [0, 0.05) is 12.7 Å². The van der Waals surface area contributed by atoms with Crippen molar-refractivity contribution in [3.05, 3.63) is 76.9 Å². The molecule has 1 aromatic heterocycles. The van der Waals surface area contributed by atoms with Gasteiger partial charge in [0.2, 0.25) is 29.1 Å². The van der Waals surface area contributed by atoms with Gasteiger partial charge < -0.3 is 10.1 Å². The monoisotopic (exact) mass is 480 g/mol. The van der Waals surface area contributed by atoms with Crippen LogP contribution in [-0.2, 0) is 11.3 Å². The molecule has 2 heterocycles. The quantitative estimate of drug-likeness (QED) is 0.243. The van der Waals surface area contributed by atoms with Crippen molar-refractivity contribution in [2.75, 3.05) is 18.5 Å². The summed E-state index contributed by atoms with van der Waals surface area (Å²) in [6.07, 6.45) is 2.55. The van der Waals surface area contributed by atoms with Crippen molar-refractivity contribution in [3.8, 4) is 5.75 Å². The average molecular weight is 480 g/mol. The van der Waals surface area contributed by atoms with E-state index in [9.17, 15) is 36.3 Å². The van der Waals surface area contributed by atoms with Crippen LogP contribution in [0.3, 0.4) is 0 Å². The summed E-state index contributed by atoms with van der Waals surface area (Å²) in [6, 6.07) is 6.38. The van der Waals surface area contributed by atoms with Crippen LogP contribution in [0.15, 0.2) is 36.7 Å². The minimum atomic E-state index is -2.35. The molecule has 176 valence electrons. The first-order valence-electron chi connectivity index (χ1n) is 9.60. The molecule has 13 heteroatoms. The van der Waals surface area contributed by atoms with Crippen molar-refractivity contribution < 1.29 is 41.1 Å². The lowest BCUT2D eigenvalue weighted by molar-refractivity contribution is -0.118. The van der Waals surface area contributed by atoms with Crippen molar-refractivity contribution >= 4 is 23.4 Å². The number of hydrogen-bond donors (Lipinski definition) is 1. The Bertz CT molecular complexity index is 1260. The Kier molecular flexibility index (Phi) is 6.01. The summed E-state index contributed by atoms with van der Waals surface area (Å²) >= 11 is 0. The normalized spacial score (nSPS) is 12.8. The molecule has 0 atom stereocenters. The van der Waals surface area contributed by atoms with E-state index < -0.39 is 59.2 Å². The molecule has 2 aromatic carbocycles. The van der Waals surface area contributed by atoms with Crippen LogP contribution in [0.5, 0.6) is 5.75 Å². The fraction of sp³-hybridized carbons (Fsp3) is 0.143. The number of ether oxygens (including phenoxy) is 1. The van der Waals surface area contributed by atoms with Crippen LogP contribution in [-0.4, -0.2) is 45.6 Å². The van der Waals surface area contributed by atoms with Crippen LogP contribution in [0.25, 0.3) is 0 Å². The lowest BCUT2D eigenvalue weighted by Crippen LogP contribution is -2.33. The van der Waals surface area contributed by atoms with Gasteiger partial charge in [0.25, 0.3) is 17.7 Å². The van der Waals surface area contributed by atoms with Crippen LogP contribution in [0.4, 0.5) is 27.6 Å². The largest absolute Gasteiger partial charge is 0.477 e. The number of aromatic nitrogens is 2. The van der Waals surface area contributed by atoms with Gasteiger partial charge in [-0.3, -0.25) is 24.0 Å². The summed E-state index contributed by atoms with van der Waals surface area (Å²) in [5.74, 6) is -14.6. The van der Waals surface area contributed by atoms with Crippen LogP contribution in [0.1, 0.15) is 20.7 Å². The fourth-order valence-electron chi connectivity index (χ4n) is 3.24. The van der Waals surface area contributed by atoms with E-state index in [-0.39, 0.29) is 18.8 Å². The minimum Gasteiger partial charge on any atom is -0.477 e. The van der Waals surface area contributed by atoms with E-state index in [0.29, 0.717) is 11.1 Å². The zero-order valence-electron chi connectivity index (χ0n) is 16.9. The topological polar surface area (TPSA) is 93.5 Å². The van der Waals surface area contributed by atoms with Crippen LogP contribution >= 0.6 is 0 Å². The number of nitrogens with zero attached hydrogens (tertiary/aromatic N) is 3. The Hall–Kier alpha value is -4.29. The maximum Gasteiger partial charge on any atom is 0.262 e. The Morgan fingerprint density at radius 2 is 1.44 bits per heavy atom. The molecular formula is C21H13F5N4O4. The molecule has 3 aromatic rings. The van der Waals surface area contributed by atoms with Crippen molar-refractivity contribution in [1.29, 1.82) is 0 Å². The number of carbonyl (C=O) groups is 3. The molecule has 4 rings (SSSR count). The van der Waals surface area contributed by atoms with E-state index in [0.717, 1.165) is 4.90 Å². The average Bonchev–Trinajstić information content (AvgIpc) is 3.37. The highest BCUT2D eigenvalue weighted by Crippen LogP contribution is 2.29. The molecular weight excluding hydrogens is 467 g/mol. The summed E-state index contributed by atoms with van der Waals surface area (Å²) in [5.41, 5.74) is 0.720. The number of anilines is 1. The third kappa shape index (κ3) is 4.07. The summed E-state index contributed by atoms with van der Waals surface area (Å²) < 4.78 is 72.4. The zero-order valence-corrected chi connectivity index (χ0v) is 16.9. The highest BCUT2D eigenvalue weighted by molar-refractivity contribution is 6.21. The maximum absolute atomic E-state index is 13.6. The molecule has 0 unspecified atom stereocenters. The van der Waals surface area contributed by atoms with Gasteiger partial charge in [-0.05, 0) is 12.1 Å². The number of nitrogens with one attached hydrogen (secondary N) is 1. The number of carbonyl (C=O) groups excluding carboxylic acids is 3. The molecule has 8 nitrogen and oxygen atoms in total. The predicted molar refractivity (Wildman–Crippen MR) is 104 cm³/mol. The SMILES string of the molecule is O=C(COc1c(F)c(F)c(F)c(F)c1F)Nc1cnn(CCN2C(=O)c3ccccc3C2=O)c1. The zero-order chi connectivity index (χ0) is 24.6. The standard InChI is InChI=1S/C21H13F5N4O4/c22-14-15(23)17(25)19(18(26)16(14)24)34-9-13(31)28-10-7-27-29(8-10)5-6-30-20(32)11-3-1-2-4-12(11)21(30)33/h1-4,7-8H,5-6,9H2,(H,28,31). The third-order valence-corrected chi connectivity index (χ3v) is 4.87. The van der Waals surface area contributed by atoms with Gasteiger partial charge in [0.1, 0.15) is 0 Å². The highest BCUT2D eigenvalue weighted by Gasteiger charge is 2.34. The highest BCUT2D eigenvalue weighted by atomic mass is 19.2. The second kappa shape index (κ2) is 8.92. The lowest BCUT2D eigenvalue weighted by atomic mass is 10.1. The molecule has 0 spiro atoms. The first kappa shape index (κ1) is 22.9. The van der Waals surface area contributed by atoms with Gasteiger partial charge in [0.15, 0.2) is 12.4 Å². The Morgan fingerprint density at radius 3 is 2.03 bits per heavy atom. The first-order valence-corrected chi connectivity index (χ1v) is 9.60. The van der Waals surface area contributed by atoms with Crippen molar-refractivity contribution in [1.82, 2.24) is 14.7 Å². The summed E-state index contributed by atoms with van der Waals surface area (Å²) in [6.45, 7) is -0.953. The predicted octanol–water partition coefficient (Wildman–Crippen LogP) is 2.89. The van der Waals surface area contributed by atoms with Crippen molar-refractivity contribution in [2.45, 2.75) is 6.54 Å². The number of hydrogen-bond acceptors (Lipinski definition) is 5. The molecule has 0 saturated carbocycles. The molecule has 0 saturated heterocycles. The first-order chi connectivity index (χ1) is 16.2. The number of halogens is 5. The summed E-state index contributed by atoms with van der Waals surface area (Å²) in [4.78, 5) is 37.7. The van der Waals surface area contributed by atoms with Gasteiger partial charge in [0.05, 0.1) is 29.6 Å². The Labute approximate surface area is 187 Å². The number of imide groups is 1. The molecule has 1 aliphatic heterocycles. The van der Waals surface area contributed by atoms with Crippen LogP contribution in [0, 0.1) is 29.1 Å². The number of fused-ring (bicyclic) bond motifs is 1. The molecule has 34 heavy (non-hydrogen) atoms.